The number of hydrogen-bond acceptors (Lipinski definition) is 4. The summed E-state index contributed by atoms with van der Waals surface area (Å²) in [5.74, 6) is 1.13. The van der Waals surface area contributed by atoms with Crippen molar-refractivity contribution in [2.75, 3.05) is 26.0 Å². The fraction of sp³-hybridized carbons (Fsp3) is 0.435. The maximum atomic E-state index is 11.8. The quantitative estimate of drug-likeness (QED) is 0.307. The molecule has 2 unspecified atom stereocenters. The van der Waals surface area contributed by atoms with Crippen LogP contribution in [0.1, 0.15) is 36.1 Å². The summed E-state index contributed by atoms with van der Waals surface area (Å²) in [6.45, 7) is 6.64. The van der Waals surface area contributed by atoms with Gasteiger partial charge in [-0.25, -0.2) is 13.4 Å². The minimum Gasteiger partial charge on any atom is -0.373 e. The topological polar surface area (TPSA) is 79.8 Å². The molecular formula is C23H32IN3O3S. The Kier molecular flexibility index (Phi) is 9.77. The van der Waals surface area contributed by atoms with Crippen LogP contribution in [0, 0.1) is 12.8 Å². The Bertz CT molecular complexity index is 981. The standard InChI is InChI=1S/C23H31N3O3S.HI/c1-4-24-23(25-15-18-10-11-21(17(2)14-18)30(3,27)28)26-16-20-12-13-29-22(20)19-8-6-5-7-9-19;/h5-11,14,20,22H,4,12-13,15-16H2,1-3H3,(H2,24,25,26);1H. The highest BCUT2D eigenvalue weighted by Gasteiger charge is 2.29. The lowest BCUT2D eigenvalue weighted by molar-refractivity contribution is 0.0915. The van der Waals surface area contributed by atoms with Crippen LogP contribution in [0.15, 0.2) is 58.4 Å². The molecule has 0 radical (unpaired) electrons. The largest absolute Gasteiger partial charge is 0.373 e. The van der Waals surface area contributed by atoms with Gasteiger partial charge in [0.2, 0.25) is 0 Å². The first-order chi connectivity index (χ1) is 14.4. The number of rotatable bonds is 7. The van der Waals surface area contributed by atoms with Crippen LogP contribution in [0.4, 0.5) is 0 Å². The van der Waals surface area contributed by atoms with E-state index in [1.165, 1.54) is 11.8 Å². The van der Waals surface area contributed by atoms with Gasteiger partial charge in [0.05, 0.1) is 17.5 Å². The molecule has 0 saturated carbocycles. The third-order valence-corrected chi connectivity index (χ3v) is 6.53. The Hall–Kier alpha value is -1.65. The predicted octanol–water partition coefficient (Wildman–Crippen LogP) is 3.85. The molecule has 1 aliphatic rings. The molecule has 2 atom stereocenters. The highest BCUT2D eigenvalue weighted by molar-refractivity contribution is 14.0. The summed E-state index contributed by atoms with van der Waals surface area (Å²) in [7, 11) is -3.21. The zero-order valence-electron chi connectivity index (χ0n) is 18.3. The minimum absolute atomic E-state index is 0. The summed E-state index contributed by atoms with van der Waals surface area (Å²) in [4.78, 5) is 5.05. The number of sulfone groups is 1. The van der Waals surface area contributed by atoms with Crippen LogP contribution in [-0.2, 0) is 21.1 Å². The zero-order chi connectivity index (χ0) is 21.6. The molecule has 1 fully saturated rings. The van der Waals surface area contributed by atoms with E-state index in [0.29, 0.717) is 17.4 Å². The number of nitrogens with one attached hydrogen (secondary N) is 2. The first kappa shape index (κ1) is 25.6. The molecule has 2 aromatic carbocycles. The predicted molar refractivity (Wildman–Crippen MR) is 136 cm³/mol. The number of aryl methyl sites for hydroxylation is 1. The first-order valence-corrected chi connectivity index (χ1v) is 12.3. The molecule has 0 amide bonds. The molecule has 0 aromatic heterocycles. The summed E-state index contributed by atoms with van der Waals surface area (Å²) in [5, 5.41) is 6.73. The van der Waals surface area contributed by atoms with Gasteiger partial charge >= 0.3 is 0 Å². The molecule has 31 heavy (non-hydrogen) atoms. The van der Waals surface area contributed by atoms with Crippen LogP contribution in [0.25, 0.3) is 0 Å². The number of nitrogens with zero attached hydrogens (tertiary/aromatic N) is 1. The number of ether oxygens (including phenoxy) is 1. The van der Waals surface area contributed by atoms with E-state index in [-0.39, 0.29) is 30.1 Å². The molecule has 0 spiro atoms. The smallest absolute Gasteiger partial charge is 0.191 e. The molecule has 3 rings (SSSR count). The molecule has 1 heterocycles. The van der Waals surface area contributed by atoms with Gasteiger partial charge in [0.1, 0.15) is 0 Å². The third kappa shape index (κ3) is 7.18. The number of hydrogen-bond donors (Lipinski definition) is 2. The van der Waals surface area contributed by atoms with Crippen LogP contribution >= 0.6 is 24.0 Å². The SMILES string of the molecule is CCNC(=NCc1ccc(S(C)(=O)=O)c(C)c1)NCC1CCOC1c1ccccc1.I. The van der Waals surface area contributed by atoms with Crippen molar-refractivity contribution in [2.45, 2.75) is 37.8 Å². The van der Waals surface area contributed by atoms with E-state index in [4.69, 9.17) is 4.74 Å². The van der Waals surface area contributed by atoms with Gasteiger partial charge in [-0.3, -0.25) is 0 Å². The van der Waals surface area contributed by atoms with Crippen molar-refractivity contribution >= 4 is 39.8 Å². The van der Waals surface area contributed by atoms with Crippen molar-refractivity contribution in [2.24, 2.45) is 10.9 Å². The molecule has 8 heteroatoms. The van der Waals surface area contributed by atoms with E-state index in [0.717, 1.165) is 43.2 Å². The Balaban J connectivity index is 0.00000341. The summed E-state index contributed by atoms with van der Waals surface area (Å²) in [6.07, 6.45) is 2.35. The van der Waals surface area contributed by atoms with Crippen LogP contribution in [0.5, 0.6) is 0 Å². The second-order valence-electron chi connectivity index (χ2n) is 7.70. The maximum Gasteiger partial charge on any atom is 0.191 e. The van der Waals surface area contributed by atoms with Crippen LogP contribution in [0.2, 0.25) is 0 Å². The van der Waals surface area contributed by atoms with Gasteiger partial charge in [-0.05, 0) is 43.0 Å². The second-order valence-corrected chi connectivity index (χ2v) is 9.68. The molecule has 0 bridgehead atoms. The molecule has 6 nitrogen and oxygen atoms in total. The zero-order valence-corrected chi connectivity index (χ0v) is 21.4. The number of guanidine groups is 1. The van der Waals surface area contributed by atoms with Crippen LogP contribution in [0.3, 0.4) is 0 Å². The van der Waals surface area contributed by atoms with E-state index in [1.54, 1.807) is 6.07 Å². The summed E-state index contributed by atoms with van der Waals surface area (Å²) >= 11 is 0. The Morgan fingerprint density at radius 1 is 1.16 bits per heavy atom. The number of halogens is 1. The van der Waals surface area contributed by atoms with Gasteiger partial charge in [-0.1, -0.05) is 42.5 Å². The van der Waals surface area contributed by atoms with Crippen molar-refractivity contribution in [1.29, 1.82) is 0 Å². The Morgan fingerprint density at radius 3 is 2.55 bits per heavy atom. The van der Waals surface area contributed by atoms with Crippen molar-refractivity contribution in [3.05, 3.63) is 65.2 Å². The van der Waals surface area contributed by atoms with Gasteiger partial charge in [0.25, 0.3) is 0 Å². The normalized spacial score (nSPS) is 19.0. The third-order valence-electron chi connectivity index (χ3n) is 5.28. The van der Waals surface area contributed by atoms with E-state index in [9.17, 15) is 8.42 Å². The summed E-state index contributed by atoms with van der Waals surface area (Å²) in [6, 6.07) is 15.7. The number of aliphatic imine (C=N–C) groups is 1. The highest BCUT2D eigenvalue weighted by Crippen LogP contribution is 2.33. The fourth-order valence-corrected chi connectivity index (χ4v) is 4.78. The van der Waals surface area contributed by atoms with Gasteiger partial charge in [0.15, 0.2) is 15.8 Å². The minimum atomic E-state index is -3.21. The van der Waals surface area contributed by atoms with Gasteiger partial charge in [0, 0.05) is 31.9 Å². The molecular weight excluding hydrogens is 525 g/mol. The molecule has 2 N–H and O–H groups in total. The van der Waals surface area contributed by atoms with Crippen molar-refractivity contribution in [1.82, 2.24) is 10.6 Å². The molecule has 1 aliphatic heterocycles. The monoisotopic (exact) mass is 557 g/mol. The maximum absolute atomic E-state index is 11.8. The lowest BCUT2D eigenvalue weighted by atomic mass is 9.95. The van der Waals surface area contributed by atoms with E-state index < -0.39 is 9.84 Å². The van der Waals surface area contributed by atoms with E-state index in [2.05, 4.69) is 27.8 Å². The molecule has 1 saturated heterocycles. The molecule has 2 aromatic rings. The lowest BCUT2D eigenvalue weighted by Crippen LogP contribution is -2.40. The average molecular weight is 557 g/mol. The highest BCUT2D eigenvalue weighted by atomic mass is 127. The Morgan fingerprint density at radius 2 is 1.90 bits per heavy atom. The average Bonchev–Trinajstić information content (AvgIpc) is 3.18. The lowest BCUT2D eigenvalue weighted by Gasteiger charge is -2.21. The molecule has 0 aliphatic carbocycles. The van der Waals surface area contributed by atoms with E-state index in [1.807, 2.05) is 44.2 Å². The first-order valence-electron chi connectivity index (χ1n) is 10.4. The number of benzene rings is 2. The van der Waals surface area contributed by atoms with Gasteiger partial charge in [-0.2, -0.15) is 0 Å². The van der Waals surface area contributed by atoms with Gasteiger partial charge in [-0.15, -0.1) is 24.0 Å². The van der Waals surface area contributed by atoms with Crippen molar-refractivity contribution in [3.63, 3.8) is 0 Å². The molecule has 170 valence electrons. The van der Waals surface area contributed by atoms with Crippen molar-refractivity contribution in [3.8, 4) is 0 Å². The van der Waals surface area contributed by atoms with Crippen LogP contribution in [-0.4, -0.2) is 40.3 Å². The van der Waals surface area contributed by atoms with Crippen molar-refractivity contribution < 1.29 is 13.2 Å². The fourth-order valence-electron chi connectivity index (χ4n) is 3.82. The second kappa shape index (κ2) is 11.8. The van der Waals surface area contributed by atoms with E-state index >= 15 is 0 Å². The Labute approximate surface area is 202 Å². The van der Waals surface area contributed by atoms with Crippen LogP contribution < -0.4 is 10.6 Å². The summed E-state index contributed by atoms with van der Waals surface area (Å²) < 4.78 is 29.6. The van der Waals surface area contributed by atoms with Gasteiger partial charge < -0.3 is 15.4 Å². The summed E-state index contributed by atoms with van der Waals surface area (Å²) in [5.41, 5.74) is 2.94.